The lowest BCUT2D eigenvalue weighted by Crippen LogP contribution is -2.38. The fourth-order valence-electron chi connectivity index (χ4n) is 3.05. The van der Waals surface area contributed by atoms with Crippen LogP contribution in [0.25, 0.3) is 11.6 Å². The predicted molar refractivity (Wildman–Crippen MR) is 97.7 cm³/mol. The van der Waals surface area contributed by atoms with Crippen molar-refractivity contribution in [3.05, 3.63) is 53.6 Å². The minimum atomic E-state index is -0.738. The summed E-state index contributed by atoms with van der Waals surface area (Å²) in [4.78, 5) is 25.8. The number of hydrogen-bond acceptors (Lipinski definition) is 5. The zero-order valence-corrected chi connectivity index (χ0v) is 14.7. The molecule has 0 spiro atoms. The fourth-order valence-corrected chi connectivity index (χ4v) is 3.05. The minimum absolute atomic E-state index is 0.0709. The van der Waals surface area contributed by atoms with Gasteiger partial charge in [0.25, 0.3) is 5.91 Å². The van der Waals surface area contributed by atoms with Gasteiger partial charge < -0.3 is 14.6 Å². The number of fused-ring (bicyclic) bond motifs is 1. The van der Waals surface area contributed by atoms with Crippen molar-refractivity contribution in [2.24, 2.45) is 0 Å². The van der Waals surface area contributed by atoms with Gasteiger partial charge in [-0.15, -0.1) is 0 Å². The van der Waals surface area contributed by atoms with E-state index in [9.17, 15) is 14.7 Å². The van der Waals surface area contributed by atoms with E-state index < -0.39 is 12.2 Å². The van der Waals surface area contributed by atoms with Crippen LogP contribution in [0.5, 0.6) is 11.5 Å². The molecule has 3 rings (SSSR count). The van der Waals surface area contributed by atoms with Gasteiger partial charge in [0.15, 0.2) is 6.23 Å². The first-order valence-electron chi connectivity index (χ1n) is 8.11. The third-order valence-electron chi connectivity index (χ3n) is 4.12. The second-order valence-corrected chi connectivity index (χ2v) is 5.89. The summed E-state index contributed by atoms with van der Waals surface area (Å²) in [6.45, 7) is 2.95. The molecular formula is C20H19NO5. The molecule has 6 nitrogen and oxygen atoms in total. The molecule has 0 bridgehead atoms. The topological polar surface area (TPSA) is 76.1 Å². The number of amides is 1. The molecule has 0 saturated heterocycles. The first-order chi connectivity index (χ1) is 12.4. The first kappa shape index (κ1) is 17.5. The average Bonchev–Trinajstić information content (AvgIpc) is 2.87. The van der Waals surface area contributed by atoms with Crippen LogP contribution in [-0.2, 0) is 14.3 Å². The summed E-state index contributed by atoms with van der Waals surface area (Å²) in [6.07, 6.45) is 0.929. The molecule has 26 heavy (non-hydrogen) atoms. The fraction of sp³-hybridized carbons (Fsp3) is 0.200. The number of esters is 1. The molecule has 1 amide bonds. The number of carbonyl (C=O) groups excluding carboxylic acids is 2. The third-order valence-corrected chi connectivity index (χ3v) is 4.12. The SMILES string of the molecule is COc1ccc(O)cc1/C=C1/C(=O)N(C(C)OC(C)=O)c2ccccc21. The number of nitrogens with zero attached hydrogens (tertiary/aromatic N) is 1. The van der Waals surface area contributed by atoms with E-state index in [0.717, 1.165) is 5.56 Å². The zero-order valence-electron chi connectivity index (χ0n) is 14.7. The van der Waals surface area contributed by atoms with Crippen LogP contribution < -0.4 is 9.64 Å². The molecule has 0 fully saturated rings. The Morgan fingerprint density at radius 2 is 1.96 bits per heavy atom. The lowest BCUT2D eigenvalue weighted by Gasteiger charge is -2.24. The van der Waals surface area contributed by atoms with Crippen LogP contribution in [0.3, 0.4) is 0 Å². The zero-order chi connectivity index (χ0) is 18.8. The monoisotopic (exact) mass is 353 g/mol. The molecule has 2 aromatic rings. The number of ether oxygens (including phenoxy) is 2. The molecule has 0 aliphatic carbocycles. The maximum Gasteiger partial charge on any atom is 0.304 e. The molecule has 0 saturated carbocycles. The number of aromatic hydroxyl groups is 1. The smallest absolute Gasteiger partial charge is 0.304 e. The number of phenolic OH excluding ortho intramolecular Hbond substituents is 1. The Hall–Kier alpha value is -3.28. The number of rotatable bonds is 4. The Kier molecular flexibility index (Phi) is 4.67. The van der Waals surface area contributed by atoms with E-state index in [2.05, 4.69) is 0 Å². The highest BCUT2D eigenvalue weighted by Gasteiger charge is 2.36. The Morgan fingerprint density at radius 1 is 1.23 bits per heavy atom. The van der Waals surface area contributed by atoms with E-state index in [-0.39, 0.29) is 11.7 Å². The highest BCUT2D eigenvalue weighted by Crippen LogP contribution is 2.40. The quantitative estimate of drug-likeness (QED) is 0.675. The van der Waals surface area contributed by atoms with Crippen LogP contribution in [-0.4, -0.2) is 30.3 Å². The summed E-state index contributed by atoms with van der Waals surface area (Å²) in [7, 11) is 1.52. The maximum absolute atomic E-state index is 13.0. The maximum atomic E-state index is 13.0. The van der Waals surface area contributed by atoms with Crippen LogP contribution in [0.4, 0.5) is 5.69 Å². The number of phenols is 1. The Balaban J connectivity index is 2.11. The van der Waals surface area contributed by atoms with Gasteiger partial charge in [0.1, 0.15) is 11.5 Å². The number of benzene rings is 2. The third kappa shape index (κ3) is 3.13. The van der Waals surface area contributed by atoms with Gasteiger partial charge in [0.2, 0.25) is 0 Å². The van der Waals surface area contributed by atoms with Gasteiger partial charge in [0, 0.05) is 18.1 Å². The van der Waals surface area contributed by atoms with Crippen LogP contribution in [0.1, 0.15) is 25.0 Å². The Morgan fingerprint density at radius 3 is 2.65 bits per heavy atom. The first-order valence-corrected chi connectivity index (χ1v) is 8.11. The van der Waals surface area contributed by atoms with Crippen molar-refractivity contribution >= 4 is 29.2 Å². The molecule has 0 aromatic heterocycles. The summed E-state index contributed by atoms with van der Waals surface area (Å²) in [6, 6.07) is 12.0. The number of hydrogen-bond donors (Lipinski definition) is 1. The van der Waals surface area contributed by atoms with Crippen molar-refractivity contribution in [3.8, 4) is 11.5 Å². The predicted octanol–water partition coefficient (Wildman–Crippen LogP) is 3.20. The van der Waals surface area contributed by atoms with Crippen molar-refractivity contribution in [3.63, 3.8) is 0 Å². The van der Waals surface area contributed by atoms with Crippen LogP contribution >= 0.6 is 0 Å². The Labute approximate surface area is 151 Å². The molecule has 1 aliphatic rings. The second-order valence-electron chi connectivity index (χ2n) is 5.89. The van der Waals surface area contributed by atoms with Crippen molar-refractivity contribution in [2.75, 3.05) is 12.0 Å². The molecule has 1 unspecified atom stereocenters. The molecule has 1 N–H and O–H groups in total. The van der Waals surface area contributed by atoms with Crippen molar-refractivity contribution in [2.45, 2.75) is 20.1 Å². The standard InChI is InChI=1S/C20H19NO5/c1-12(26-13(2)22)21-18-7-5-4-6-16(18)17(20(21)24)11-14-10-15(23)8-9-19(14)25-3/h4-12,23H,1-3H3/b17-11+. The summed E-state index contributed by atoms with van der Waals surface area (Å²) in [5, 5.41) is 9.77. The van der Waals surface area contributed by atoms with Crippen LogP contribution in [0.15, 0.2) is 42.5 Å². The number of anilines is 1. The molecule has 1 aliphatic heterocycles. The van der Waals surface area contributed by atoms with Gasteiger partial charge in [-0.3, -0.25) is 14.5 Å². The molecule has 6 heteroatoms. The molecule has 134 valence electrons. The van der Waals surface area contributed by atoms with E-state index in [4.69, 9.17) is 9.47 Å². The molecular weight excluding hydrogens is 334 g/mol. The van der Waals surface area contributed by atoms with E-state index in [1.165, 1.54) is 31.1 Å². The van der Waals surface area contributed by atoms with Gasteiger partial charge in [-0.1, -0.05) is 18.2 Å². The van der Waals surface area contributed by atoms with Crippen molar-refractivity contribution < 1.29 is 24.2 Å². The summed E-state index contributed by atoms with van der Waals surface area (Å²) in [5.41, 5.74) is 2.40. The average molecular weight is 353 g/mol. The van der Waals surface area contributed by atoms with Crippen LogP contribution in [0, 0.1) is 0 Å². The van der Waals surface area contributed by atoms with Gasteiger partial charge in [0.05, 0.1) is 18.4 Å². The van der Waals surface area contributed by atoms with Crippen molar-refractivity contribution in [1.82, 2.24) is 0 Å². The lowest BCUT2D eigenvalue weighted by atomic mass is 10.0. The highest BCUT2D eigenvalue weighted by atomic mass is 16.6. The van der Waals surface area contributed by atoms with E-state index in [0.29, 0.717) is 22.6 Å². The van der Waals surface area contributed by atoms with E-state index in [1.807, 2.05) is 18.2 Å². The molecule has 2 aromatic carbocycles. The van der Waals surface area contributed by atoms with E-state index in [1.54, 1.807) is 25.1 Å². The summed E-state index contributed by atoms with van der Waals surface area (Å²) in [5.74, 6) is -0.145. The number of carbonyl (C=O) groups is 2. The molecule has 0 radical (unpaired) electrons. The van der Waals surface area contributed by atoms with E-state index >= 15 is 0 Å². The Bertz CT molecular complexity index is 903. The number of methoxy groups -OCH3 is 1. The summed E-state index contributed by atoms with van der Waals surface area (Å²) < 4.78 is 10.5. The van der Waals surface area contributed by atoms with Gasteiger partial charge in [-0.2, -0.15) is 0 Å². The minimum Gasteiger partial charge on any atom is -0.508 e. The number of para-hydroxylation sites is 1. The summed E-state index contributed by atoms with van der Waals surface area (Å²) >= 11 is 0. The van der Waals surface area contributed by atoms with Crippen molar-refractivity contribution in [1.29, 1.82) is 0 Å². The van der Waals surface area contributed by atoms with Gasteiger partial charge >= 0.3 is 5.97 Å². The highest BCUT2D eigenvalue weighted by molar-refractivity contribution is 6.36. The largest absolute Gasteiger partial charge is 0.508 e. The molecule has 1 atom stereocenters. The second kappa shape index (κ2) is 6.92. The van der Waals surface area contributed by atoms with Crippen LogP contribution in [0.2, 0.25) is 0 Å². The van der Waals surface area contributed by atoms with Gasteiger partial charge in [-0.25, -0.2) is 0 Å². The lowest BCUT2D eigenvalue weighted by molar-refractivity contribution is -0.145. The normalized spacial score (nSPS) is 15.7. The van der Waals surface area contributed by atoms with Gasteiger partial charge in [-0.05, 0) is 37.3 Å². The molecule has 1 heterocycles.